The van der Waals surface area contributed by atoms with Crippen molar-refractivity contribution in [2.75, 3.05) is 22.6 Å². The first-order valence-corrected chi connectivity index (χ1v) is 12.8. The van der Waals surface area contributed by atoms with E-state index in [1.165, 1.54) is 6.08 Å². The molecule has 0 fully saturated rings. The van der Waals surface area contributed by atoms with Crippen LogP contribution in [0.3, 0.4) is 0 Å². The number of rotatable bonds is 10. The number of carbonyl (C=O) groups is 2. The number of carbonyl (C=O) groups excluding carboxylic acids is 2. The predicted octanol–water partition coefficient (Wildman–Crippen LogP) is 6.60. The number of benzene rings is 3. The van der Waals surface area contributed by atoms with E-state index in [9.17, 15) is 14.7 Å². The van der Waals surface area contributed by atoms with Crippen molar-refractivity contribution in [3.05, 3.63) is 90.5 Å². The number of aromatic hydroxyl groups is 1. The molecule has 0 saturated heterocycles. The van der Waals surface area contributed by atoms with Crippen LogP contribution in [0.2, 0.25) is 0 Å². The van der Waals surface area contributed by atoms with Crippen molar-refractivity contribution in [2.24, 2.45) is 5.92 Å². The quantitative estimate of drug-likeness (QED) is 0.140. The summed E-state index contributed by atoms with van der Waals surface area (Å²) in [6, 6.07) is 21.2. The van der Waals surface area contributed by atoms with Crippen LogP contribution in [0.15, 0.2) is 89.8 Å². The summed E-state index contributed by atoms with van der Waals surface area (Å²) in [5.74, 6) is -0.188. The molecule has 3 aromatic rings. The van der Waals surface area contributed by atoms with Crippen molar-refractivity contribution in [3.8, 4) is 5.75 Å². The number of nitrogens with one attached hydrogen (secondary N) is 2. The molecule has 0 aliphatic heterocycles. The van der Waals surface area contributed by atoms with Crippen molar-refractivity contribution in [1.82, 2.24) is 0 Å². The first-order valence-electron chi connectivity index (χ1n) is 11.6. The van der Waals surface area contributed by atoms with Crippen LogP contribution in [0.4, 0.5) is 21.9 Å². The Morgan fingerprint density at radius 2 is 1.72 bits per heavy atom. The summed E-state index contributed by atoms with van der Waals surface area (Å²) in [5, 5.41) is 15.2. The Bertz CT molecular complexity index is 1180. The summed E-state index contributed by atoms with van der Waals surface area (Å²) in [6.07, 6.45) is 5.41. The van der Waals surface area contributed by atoms with E-state index in [-0.39, 0.29) is 17.6 Å². The van der Waals surface area contributed by atoms with Crippen LogP contribution in [0, 0.1) is 5.92 Å². The van der Waals surface area contributed by atoms with Gasteiger partial charge in [-0.15, -0.1) is 11.8 Å². The summed E-state index contributed by atoms with van der Waals surface area (Å²) in [5.41, 5.74) is 8.34. The average Bonchev–Trinajstić information content (AvgIpc) is 2.87. The molecular weight excluding hydrogens is 474 g/mol. The Hall–Kier alpha value is -3.91. The lowest BCUT2D eigenvalue weighted by Crippen LogP contribution is -2.22. The highest BCUT2D eigenvalue weighted by Crippen LogP contribution is 2.31. The molecule has 0 aliphatic carbocycles. The fraction of sp³-hybridized carbons (Fsp3) is 0.214. The van der Waals surface area contributed by atoms with Gasteiger partial charge in [-0.2, -0.15) is 0 Å². The molecule has 2 amide bonds. The zero-order valence-electron chi connectivity index (χ0n) is 20.3. The van der Waals surface area contributed by atoms with E-state index in [0.29, 0.717) is 29.9 Å². The van der Waals surface area contributed by atoms with Gasteiger partial charge in [0.15, 0.2) is 0 Å². The predicted molar refractivity (Wildman–Crippen MR) is 146 cm³/mol. The van der Waals surface area contributed by atoms with Gasteiger partial charge in [-0.1, -0.05) is 37.3 Å². The number of nitrogen functional groups attached to an aromatic ring is 1. The molecular formula is C28H31N3O4S. The lowest BCUT2D eigenvalue weighted by atomic mass is 9.93. The van der Waals surface area contributed by atoms with Crippen LogP contribution in [0.25, 0.3) is 0 Å². The maximum atomic E-state index is 12.7. The molecule has 0 unspecified atom stereocenters. The summed E-state index contributed by atoms with van der Waals surface area (Å²) in [4.78, 5) is 26.0. The normalized spacial score (nSPS) is 12.6. The van der Waals surface area contributed by atoms with Crippen LogP contribution in [-0.4, -0.2) is 23.4 Å². The maximum Gasteiger partial charge on any atom is 0.412 e. The lowest BCUT2D eigenvalue weighted by molar-refractivity contribution is -0.111. The molecule has 36 heavy (non-hydrogen) atoms. The number of para-hydroxylation sites is 2. The van der Waals surface area contributed by atoms with E-state index in [1.807, 2.05) is 37.4 Å². The van der Waals surface area contributed by atoms with Crippen LogP contribution in [0.5, 0.6) is 5.75 Å². The Kier molecular flexibility index (Phi) is 9.82. The van der Waals surface area contributed by atoms with Crippen LogP contribution >= 0.6 is 11.8 Å². The van der Waals surface area contributed by atoms with Gasteiger partial charge < -0.3 is 20.9 Å². The van der Waals surface area contributed by atoms with E-state index in [1.54, 1.807) is 66.4 Å². The first-order chi connectivity index (χ1) is 17.4. The number of allylic oxidation sites excluding steroid dienone is 1. The number of nitrogens with two attached hydrogens (primary N) is 1. The van der Waals surface area contributed by atoms with Crippen molar-refractivity contribution in [2.45, 2.75) is 30.8 Å². The van der Waals surface area contributed by atoms with Gasteiger partial charge in [-0.3, -0.25) is 10.1 Å². The van der Waals surface area contributed by atoms with Gasteiger partial charge in [-0.05, 0) is 85.2 Å². The lowest BCUT2D eigenvalue weighted by Gasteiger charge is -2.24. The number of hydrogen-bond acceptors (Lipinski definition) is 6. The molecule has 0 bridgehead atoms. The number of phenolic OH excluding ortho intramolecular Hbond substituents is 1. The molecule has 0 saturated carbocycles. The molecule has 188 valence electrons. The number of hydrogen-bond donors (Lipinski definition) is 4. The average molecular weight is 506 g/mol. The molecule has 5 N–H and O–H groups in total. The largest absolute Gasteiger partial charge is 0.508 e. The Labute approximate surface area is 215 Å². The topological polar surface area (TPSA) is 114 Å². The van der Waals surface area contributed by atoms with Gasteiger partial charge in [0.2, 0.25) is 5.91 Å². The van der Waals surface area contributed by atoms with Crippen molar-refractivity contribution in [1.29, 1.82) is 0 Å². The highest BCUT2D eigenvalue weighted by Gasteiger charge is 2.23. The zero-order valence-corrected chi connectivity index (χ0v) is 21.1. The molecule has 3 aromatic carbocycles. The zero-order chi connectivity index (χ0) is 25.9. The van der Waals surface area contributed by atoms with Gasteiger partial charge >= 0.3 is 6.09 Å². The smallest absolute Gasteiger partial charge is 0.412 e. The van der Waals surface area contributed by atoms with Crippen molar-refractivity contribution >= 4 is 40.8 Å². The third kappa shape index (κ3) is 8.09. The van der Waals surface area contributed by atoms with Crippen molar-refractivity contribution < 1.29 is 19.4 Å². The molecule has 0 spiro atoms. The Morgan fingerprint density at radius 1 is 1.03 bits per heavy atom. The third-order valence-electron chi connectivity index (χ3n) is 5.59. The van der Waals surface area contributed by atoms with E-state index in [4.69, 9.17) is 10.5 Å². The minimum Gasteiger partial charge on any atom is -0.508 e. The summed E-state index contributed by atoms with van der Waals surface area (Å²) in [6.45, 7) is 1.98. The van der Waals surface area contributed by atoms with Crippen LogP contribution in [0.1, 0.15) is 31.4 Å². The van der Waals surface area contributed by atoms with Gasteiger partial charge in [0, 0.05) is 10.6 Å². The molecule has 2 atom stereocenters. The third-order valence-corrected chi connectivity index (χ3v) is 6.33. The first kappa shape index (κ1) is 26.7. The summed E-state index contributed by atoms with van der Waals surface area (Å²) >= 11 is 1.62. The monoisotopic (exact) mass is 505 g/mol. The van der Waals surface area contributed by atoms with Gasteiger partial charge in [-0.25, -0.2) is 4.79 Å². The van der Waals surface area contributed by atoms with Gasteiger partial charge in [0.05, 0.1) is 11.4 Å². The number of anilines is 3. The minimum absolute atomic E-state index is 0.0587. The van der Waals surface area contributed by atoms with Crippen LogP contribution in [-0.2, 0) is 9.53 Å². The number of thioether (sulfide) groups is 1. The Balaban J connectivity index is 1.60. The highest BCUT2D eigenvalue weighted by atomic mass is 32.2. The molecule has 7 nitrogen and oxygen atoms in total. The summed E-state index contributed by atoms with van der Waals surface area (Å²) in [7, 11) is 0. The van der Waals surface area contributed by atoms with E-state index in [0.717, 1.165) is 10.5 Å². The fourth-order valence-electron chi connectivity index (χ4n) is 3.60. The second-order valence-electron chi connectivity index (χ2n) is 8.30. The van der Waals surface area contributed by atoms with Crippen molar-refractivity contribution in [3.63, 3.8) is 0 Å². The van der Waals surface area contributed by atoms with Gasteiger partial charge in [0.1, 0.15) is 11.9 Å². The second kappa shape index (κ2) is 13.3. The molecule has 0 heterocycles. The van der Waals surface area contributed by atoms with Crippen LogP contribution < -0.4 is 16.4 Å². The molecule has 8 heteroatoms. The number of ether oxygens (including phenoxy) is 1. The Morgan fingerprint density at radius 3 is 2.39 bits per heavy atom. The summed E-state index contributed by atoms with van der Waals surface area (Å²) < 4.78 is 5.81. The standard InChI is InChI=1S/C28H31N3O4S/c1-19(7-3-6-10-26(33)31-25-9-5-4-8-24(25)29)27(20-11-15-22(32)16-12-20)35-28(34)30-21-13-17-23(36-2)18-14-21/h4-6,8-19,27,32H,3,7,29H2,1-2H3,(H,30,34)(H,31,33)/b10-6+/t19-,27+/m1/s1. The molecule has 0 aliphatic rings. The SMILES string of the molecule is CSc1ccc(NC(=O)O[C@H](c2ccc(O)cc2)[C@H](C)CC/C=C/C(=O)Nc2ccccc2N)cc1. The molecule has 3 rings (SSSR count). The van der Waals surface area contributed by atoms with E-state index in [2.05, 4.69) is 10.6 Å². The van der Waals surface area contributed by atoms with Gasteiger partial charge in [0.25, 0.3) is 0 Å². The minimum atomic E-state index is -0.563. The molecule has 0 radical (unpaired) electrons. The molecule has 0 aromatic heterocycles. The number of amides is 2. The second-order valence-corrected chi connectivity index (χ2v) is 9.18. The maximum absolute atomic E-state index is 12.7. The van der Waals surface area contributed by atoms with E-state index < -0.39 is 12.2 Å². The van der Waals surface area contributed by atoms with E-state index >= 15 is 0 Å². The number of phenols is 1. The highest BCUT2D eigenvalue weighted by molar-refractivity contribution is 7.98. The fourth-order valence-corrected chi connectivity index (χ4v) is 4.01.